The summed E-state index contributed by atoms with van der Waals surface area (Å²) in [4.78, 5) is 10.6. The maximum atomic E-state index is 10.6. The van der Waals surface area contributed by atoms with Gasteiger partial charge in [-0.1, -0.05) is 0 Å². The normalized spacial score (nSPS) is 13.1. The van der Waals surface area contributed by atoms with E-state index >= 15 is 0 Å². The SMILES string of the molecule is CC(C)n1cc(CC(N)C(=O)O)cc1Br. The van der Waals surface area contributed by atoms with E-state index in [-0.39, 0.29) is 0 Å². The van der Waals surface area contributed by atoms with Gasteiger partial charge in [0.1, 0.15) is 6.04 Å². The summed E-state index contributed by atoms with van der Waals surface area (Å²) in [5.74, 6) is -0.969. The van der Waals surface area contributed by atoms with Crippen LogP contribution in [0.3, 0.4) is 0 Å². The molecule has 0 bridgehead atoms. The van der Waals surface area contributed by atoms with Crippen LogP contribution in [0.5, 0.6) is 0 Å². The number of halogens is 1. The summed E-state index contributed by atoms with van der Waals surface area (Å²) in [6.45, 7) is 4.12. The van der Waals surface area contributed by atoms with E-state index in [1.54, 1.807) is 0 Å². The average Bonchev–Trinajstić information content (AvgIpc) is 2.46. The van der Waals surface area contributed by atoms with Crippen LogP contribution >= 0.6 is 15.9 Å². The first-order valence-electron chi connectivity index (χ1n) is 4.76. The maximum absolute atomic E-state index is 10.6. The minimum Gasteiger partial charge on any atom is -0.480 e. The molecular formula is C10H15BrN2O2. The fourth-order valence-corrected chi connectivity index (χ4v) is 2.16. The van der Waals surface area contributed by atoms with Gasteiger partial charge in [-0.2, -0.15) is 0 Å². The van der Waals surface area contributed by atoms with E-state index in [1.807, 2.05) is 16.8 Å². The summed E-state index contributed by atoms with van der Waals surface area (Å²) >= 11 is 3.42. The highest BCUT2D eigenvalue weighted by Gasteiger charge is 2.14. The van der Waals surface area contributed by atoms with Crippen LogP contribution in [0.4, 0.5) is 0 Å². The van der Waals surface area contributed by atoms with Crippen LogP contribution in [-0.4, -0.2) is 21.7 Å². The van der Waals surface area contributed by atoms with Gasteiger partial charge in [0.25, 0.3) is 0 Å². The van der Waals surface area contributed by atoms with Gasteiger partial charge in [-0.3, -0.25) is 4.79 Å². The number of carboxylic acids is 1. The zero-order valence-electron chi connectivity index (χ0n) is 8.77. The van der Waals surface area contributed by atoms with Crippen LogP contribution in [0.15, 0.2) is 16.9 Å². The topological polar surface area (TPSA) is 68.2 Å². The van der Waals surface area contributed by atoms with Gasteiger partial charge in [-0.15, -0.1) is 0 Å². The standard InChI is InChI=1S/C10H15BrN2O2/c1-6(2)13-5-7(4-9(13)11)3-8(12)10(14)15/h4-6,8H,3,12H2,1-2H3,(H,14,15). The summed E-state index contributed by atoms with van der Waals surface area (Å²) in [7, 11) is 0. The molecule has 0 saturated heterocycles. The molecule has 1 aromatic rings. The Bertz CT molecular complexity index is 360. The molecule has 4 nitrogen and oxygen atoms in total. The Morgan fingerprint density at radius 1 is 1.67 bits per heavy atom. The van der Waals surface area contributed by atoms with Crippen LogP contribution in [0.2, 0.25) is 0 Å². The Balaban J connectivity index is 2.79. The third kappa shape index (κ3) is 3.07. The number of carboxylic acid groups (broad SMARTS) is 1. The molecule has 5 heteroatoms. The Morgan fingerprint density at radius 2 is 2.27 bits per heavy atom. The van der Waals surface area contributed by atoms with Gasteiger partial charge in [-0.25, -0.2) is 0 Å². The zero-order chi connectivity index (χ0) is 11.6. The lowest BCUT2D eigenvalue weighted by Crippen LogP contribution is -2.32. The summed E-state index contributed by atoms with van der Waals surface area (Å²) in [6, 6.07) is 1.41. The van der Waals surface area contributed by atoms with Crippen molar-refractivity contribution < 1.29 is 9.90 Å². The van der Waals surface area contributed by atoms with E-state index in [9.17, 15) is 4.79 Å². The van der Waals surface area contributed by atoms with Crippen molar-refractivity contribution in [1.82, 2.24) is 4.57 Å². The van der Waals surface area contributed by atoms with Gasteiger partial charge >= 0.3 is 5.97 Å². The minimum atomic E-state index is -0.969. The smallest absolute Gasteiger partial charge is 0.320 e. The van der Waals surface area contributed by atoms with E-state index in [4.69, 9.17) is 10.8 Å². The molecule has 1 heterocycles. The molecule has 3 N–H and O–H groups in total. The van der Waals surface area contributed by atoms with Crippen molar-refractivity contribution in [3.8, 4) is 0 Å². The minimum absolute atomic E-state index is 0.342. The molecule has 1 aromatic heterocycles. The lowest BCUT2D eigenvalue weighted by atomic mass is 10.1. The molecule has 0 aromatic carbocycles. The molecular weight excluding hydrogens is 260 g/mol. The summed E-state index contributed by atoms with van der Waals surface area (Å²) < 4.78 is 2.98. The molecule has 0 aliphatic heterocycles. The molecule has 1 unspecified atom stereocenters. The Hall–Kier alpha value is -0.810. The highest BCUT2D eigenvalue weighted by molar-refractivity contribution is 9.10. The fourth-order valence-electron chi connectivity index (χ4n) is 1.35. The Kier molecular flexibility index (Phi) is 3.93. The van der Waals surface area contributed by atoms with Crippen molar-refractivity contribution in [3.63, 3.8) is 0 Å². The monoisotopic (exact) mass is 274 g/mol. The van der Waals surface area contributed by atoms with E-state index in [0.717, 1.165) is 10.2 Å². The summed E-state index contributed by atoms with van der Waals surface area (Å²) in [5, 5.41) is 8.69. The van der Waals surface area contributed by atoms with E-state index in [2.05, 4.69) is 29.8 Å². The summed E-state index contributed by atoms with van der Waals surface area (Å²) in [6.07, 6.45) is 2.28. The van der Waals surface area contributed by atoms with E-state index in [1.165, 1.54) is 0 Å². The molecule has 0 fully saturated rings. The Labute approximate surface area is 97.2 Å². The number of hydrogen-bond donors (Lipinski definition) is 2. The van der Waals surface area contributed by atoms with Crippen LogP contribution in [0.1, 0.15) is 25.5 Å². The molecule has 0 spiro atoms. The van der Waals surface area contributed by atoms with Crippen molar-refractivity contribution in [2.24, 2.45) is 5.73 Å². The fraction of sp³-hybridized carbons (Fsp3) is 0.500. The molecule has 0 amide bonds. The zero-order valence-corrected chi connectivity index (χ0v) is 10.4. The largest absolute Gasteiger partial charge is 0.480 e. The van der Waals surface area contributed by atoms with Gasteiger partial charge in [0.15, 0.2) is 0 Å². The average molecular weight is 275 g/mol. The second-order valence-electron chi connectivity index (χ2n) is 3.82. The maximum Gasteiger partial charge on any atom is 0.320 e. The van der Waals surface area contributed by atoms with E-state index in [0.29, 0.717) is 12.5 Å². The highest BCUT2D eigenvalue weighted by Crippen LogP contribution is 2.20. The predicted octanol–water partition coefficient (Wildman–Crippen LogP) is 1.79. The number of carbonyl (C=O) groups is 1. The third-order valence-corrected chi connectivity index (χ3v) is 2.82. The van der Waals surface area contributed by atoms with Crippen molar-refractivity contribution in [1.29, 1.82) is 0 Å². The van der Waals surface area contributed by atoms with Crippen molar-refractivity contribution in [2.45, 2.75) is 32.4 Å². The van der Waals surface area contributed by atoms with Gasteiger partial charge in [-0.05, 0) is 47.8 Å². The first-order chi connectivity index (χ1) is 6.91. The van der Waals surface area contributed by atoms with Gasteiger partial charge in [0, 0.05) is 12.2 Å². The highest BCUT2D eigenvalue weighted by atomic mass is 79.9. The van der Waals surface area contributed by atoms with Gasteiger partial charge < -0.3 is 15.4 Å². The van der Waals surface area contributed by atoms with Gasteiger partial charge in [0.2, 0.25) is 0 Å². The number of aliphatic carboxylic acids is 1. The molecule has 0 aliphatic carbocycles. The van der Waals surface area contributed by atoms with Crippen LogP contribution in [-0.2, 0) is 11.2 Å². The lowest BCUT2D eigenvalue weighted by Gasteiger charge is -2.08. The second-order valence-corrected chi connectivity index (χ2v) is 4.63. The Morgan fingerprint density at radius 3 is 2.67 bits per heavy atom. The van der Waals surface area contributed by atoms with Crippen molar-refractivity contribution >= 4 is 21.9 Å². The lowest BCUT2D eigenvalue weighted by molar-refractivity contribution is -0.138. The molecule has 0 radical (unpaired) electrons. The molecule has 0 aliphatic rings. The number of aromatic nitrogens is 1. The molecule has 84 valence electrons. The van der Waals surface area contributed by atoms with Crippen LogP contribution < -0.4 is 5.73 Å². The number of rotatable bonds is 4. The van der Waals surface area contributed by atoms with Crippen molar-refractivity contribution in [2.75, 3.05) is 0 Å². The quantitative estimate of drug-likeness (QED) is 0.880. The number of hydrogen-bond acceptors (Lipinski definition) is 2. The number of nitrogens with two attached hydrogens (primary N) is 1. The van der Waals surface area contributed by atoms with Crippen LogP contribution in [0, 0.1) is 0 Å². The first-order valence-corrected chi connectivity index (χ1v) is 5.55. The van der Waals surface area contributed by atoms with E-state index < -0.39 is 12.0 Å². The molecule has 15 heavy (non-hydrogen) atoms. The molecule has 1 rings (SSSR count). The third-order valence-electron chi connectivity index (χ3n) is 2.19. The predicted molar refractivity (Wildman–Crippen MR) is 61.8 cm³/mol. The summed E-state index contributed by atoms with van der Waals surface area (Å²) in [5.41, 5.74) is 6.40. The van der Waals surface area contributed by atoms with Gasteiger partial charge in [0.05, 0.1) is 4.60 Å². The number of nitrogens with zero attached hydrogens (tertiary/aromatic N) is 1. The second kappa shape index (κ2) is 4.81. The van der Waals surface area contributed by atoms with Crippen molar-refractivity contribution in [3.05, 3.63) is 22.4 Å². The first kappa shape index (κ1) is 12.3. The molecule has 1 atom stereocenters. The molecule has 0 saturated carbocycles. The van der Waals surface area contributed by atoms with Crippen LogP contribution in [0.25, 0.3) is 0 Å².